The Balaban J connectivity index is 1.91. The maximum absolute atomic E-state index is 13.0. The van der Waals surface area contributed by atoms with Crippen LogP contribution in [-0.4, -0.2) is 36.5 Å². The van der Waals surface area contributed by atoms with E-state index in [9.17, 15) is 13.5 Å². The van der Waals surface area contributed by atoms with Gasteiger partial charge in [-0.25, -0.2) is 8.42 Å². The predicted octanol–water partition coefficient (Wildman–Crippen LogP) is 3.01. The van der Waals surface area contributed by atoms with Crippen molar-refractivity contribution in [2.24, 2.45) is 5.92 Å². The zero-order valence-corrected chi connectivity index (χ0v) is 14.4. The van der Waals surface area contributed by atoms with Gasteiger partial charge in [-0.1, -0.05) is 36.4 Å². The summed E-state index contributed by atoms with van der Waals surface area (Å²) >= 11 is 0. The van der Waals surface area contributed by atoms with Crippen LogP contribution in [0.25, 0.3) is 10.8 Å². The topological polar surface area (TPSA) is 57.6 Å². The third-order valence-electron chi connectivity index (χ3n) is 4.82. The maximum Gasteiger partial charge on any atom is 0.243 e. The normalized spacial score (nSPS) is 18.4. The van der Waals surface area contributed by atoms with Crippen molar-refractivity contribution < 1.29 is 13.5 Å². The van der Waals surface area contributed by atoms with Gasteiger partial charge in [-0.3, -0.25) is 0 Å². The Morgan fingerprint density at radius 2 is 1.65 bits per heavy atom. The van der Waals surface area contributed by atoms with Crippen molar-refractivity contribution in [1.29, 1.82) is 0 Å². The molecule has 1 fully saturated rings. The summed E-state index contributed by atoms with van der Waals surface area (Å²) in [6.07, 6.45) is 1.38. The first kappa shape index (κ1) is 16.4. The molecule has 0 atom stereocenters. The number of aliphatic hydroxyl groups is 1. The van der Waals surface area contributed by atoms with Gasteiger partial charge in [0, 0.05) is 18.5 Å². The zero-order chi connectivity index (χ0) is 16.7. The number of hydrogen-bond donors (Lipinski definition) is 1. The third-order valence-corrected chi connectivity index (χ3v) is 6.78. The van der Waals surface area contributed by atoms with Crippen molar-refractivity contribution in [2.45, 2.75) is 37.2 Å². The van der Waals surface area contributed by atoms with Crippen LogP contribution >= 0.6 is 0 Å². The highest BCUT2D eigenvalue weighted by molar-refractivity contribution is 7.89. The molecule has 2 aromatic rings. The molecule has 0 aromatic heterocycles. The molecule has 0 bridgehead atoms. The molecule has 124 valence electrons. The van der Waals surface area contributed by atoms with E-state index in [2.05, 4.69) is 0 Å². The van der Waals surface area contributed by atoms with Crippen molar-refractivity contribution in [2.75, 3.05) is 13.1 Å². The maximum atomic E-state index is 13.0. The largest absolute Gasteiger partial charge is 0.390 e. The summed E-state index contributed by atoms with van der Waals surface area (Å²) in [6, 6.07) is 12.9. The quantitative estimate of drug-likeness (QED) is 0.939. The number of hydrogen-bond acceptors (Lipinski definition) is 3. The first-order valence-corrected chi connectivity index (χ1v) is 9.44. The van der Waals surface area contributed by atoms with Crippen LogP contribution in [0.3, 0.4) is 0 Å². The van der Waals surface area contributed by atoms with Crippen LogP contribution in [-0.2, 0) is 10.0 Å². The standard InChI is InChI=1S/C18H23NO3S/c1-18(2,20)15-10-12-19(13-11-15)23(21,22)17-9-5-7-14-6-3-4-8-16(14)17/h3-9,15,20H,10-13H2,1-2H3. The van der Waals surface area contributed by atoms with E-state index in [4.69, 9.17) is 0 Å². The average molecular weight is 333 g/mol. The lowest BCUT2D eigenvalue weighted by atomic mass is 9.84. The molecule has 1 aliphatic rings. The highest BCUT2D eigenvalue weighted by Crippen LogP contribution is 2.32. The van der Waals surface area contributed by atoms with Crippen LogP contribution in [0.15, 0.2) is 47.4 Å². The van der Waals surface area contributed by atoms with Crippen molar-refractivity contribution in [1.82, 2.24) is 4.31 Å². The lowest BCUT2D eigenvalue weighted by molar-refractivity contribution is -0.00374. The van der Waals surface area contributed by atoms with E-state index in [1.807, 2.05) is 30.3 Å². The van der Waals surface area contributed by atoms with Crippen LogP contribution in [0.2, 0.25) is 0 Å². The van der Waals surface area contributed by atoms with Gasteiger partial charge in [0.05, 0.1) is 10.5 Å². The van der Waals surface area contributed by atoms with Gasteiger partial charge >= 0.3 is 0 Å². The molecule has 4 nitrogen and oxygen atoms in total. The van der Waals surface area contributed by atoms with Gasteiger partial charge in [0.2, 0.25) is 10.0 Å². The second kappa shape index (κ2) is 5.89. The molecular weight excluding hydrogens is 310 g/mol. The molecule has 0 spiro atoms. The molecule has 5 heteroatoms. The summed E-state index contributed by atoms with van der Waals surface area (Å²) in [5.41, 5.74) is -0.755. The fourth-order valence-electron chi connectivity index (χ4n) is 3.36. The molecule has 3 rings (SSSR count). The molecule has 0 amide bonds. The van der Waals surface area contributed by atoms with Crippen molar-refractivity contribution in [3.8, 4) is 0 Å². The fourth-order valence-corrected chi connectivity index (χ4v) is 5.05. The first-order chi connectivity index (χ1) is 10.8. The molecule has 1 N–H and O–H groups in total. The van der Waals surface area contributed by atoms with Gasteiger partial charge in [0.1, 0.15) is 0 Å². The lowest BCUT2D eigenvalue weighted by Crippen LogP contribution is -2.44. The highest BCUT2D eigenvalue weighted by Gasteiger charge is 2.35. The summed E-state index contributed by atoms with van der Waals surface area (Å²) in [7, 11) is -3.51. The Kier molecular flexibility index (Phi) is 4.21. The summed E-state index contributed by atoms with van der Waals surface area (Å²) in [4.78, 5) is 0.373. The van der Waals surface area contributed by atoms with E-state index >= 15 is 0 Å². The van der Waals surface area contributed by atoms with Crippen molar-refractivity contribution in [3.63, 3.8) is 0 Å². The third kappa shape index (κ3) is 3.13. The zero-order valence-electron chi connectivity index (χ0n) is 13.6. The minimum absolute atomic E-state index is 0.140. The second-order valence-corrected chi connectivity index (χ2v) is 8.72. The van der Waals surface area contributed by atoms with E-state index in [0.29, 0.717) is 30.8 Å². The number of piperidine rings is 1. The summed E-state index contributed by atoms with van der Waals surface area (Å²) in [5, 5.41) is 11.8. The summed E-state index contributed by atoms with van der Waals surface area (Å²) in [5.74, 6) is 0.140. The minimum Gasteiger partial charge on any atom is -0.390 e. The van der Waals surface area contributed by atoms with Crippen molar-refractivity contribution in [3.05, 3.63) is 42.5 Å². The lowest BCUT2D eigenvalue weighted by Gasteiger charge is -2.37. The SMILES string of the molecule is CC(C)(O)C1CCN(S(=O)(=O)c2cccc3ccccc23)CC1. The van der Waals surface area contributed by atoms with Gasteiger partial charge in [0.15, 0.2) is 0 Å². The Labute approximate surface area is 137 Å². The number of nitrogens with zero attached hydrogens (tertiary/aromatic N) is 1. The number of rotatable bonds is 3. The number of fused-ring (bicyclic) bond motifs is 1. The molecule has 1 aliphatic heterocycles. The first-order valence-electron chi connectivity index (χ1n) is 8.00. The molecule has 23 heavy (non-hydrogen) atoms. The summed E-state index contributed by atoms with van der Waals surface area (Å²) in [6.45, 7) is 4.51. The molecule has 0 saturated carbocycles. The monoisotopic (exact) mass is 333 g/mol. The second-order valence-electron chi connectivity index (χ2n) is 6.81. The highest BCUT2D eigenvalue weighted by atomic mass is 32.2. The minimum atomic E-state index is -3.51. The molecule has 0 radical (unpaired) electrons. The van der Waals surface area contributed by atoms with Crippen LogP contribution in [0.1, 0.15) is 26.7 Å². The Morgan fingerprint density at radius 3 is 2.30 bits per heavy atom. The van der Waals surface area contributed by atoms with Crippen LogP contribution in [0, 0.1) is 5.92 Å². The van der Waals surface area contributed by atoms with Crippen molar-refractivity contribution >= 4 is 20.8 Å². The Hall–Kier alpha value is -1.43. The Bertz CT molecular complexity index is 795. The van der Waals surface area contributed by atoms with Gasteiger partial charge in [-0.2, -0.15) is 4.31 Å². The van der Waals surface area contributed by atoms with Crippen LogP contribution in [0.4, 0.5) is 0 Å². The average Bonchev–Trinajstić information content (AvgIpc) is 2.53. The summed E-state index contributed by atoms with van der Waals surface area (Å²) < 4.78 is 27.6. The fraction of sp³-hybridized carbons (Fsp3) is 0.444. The number of sulfonamides is 1. The van der Waals surface area contributed by atoms with E-state index < -0.39 is 15.6 Å². The molecule has 0 unspecified atom stereocenters. The predicted molar refractivity (Wildman–Crippen MR) is 91.7 cm³/mol. The molecular formula is C18H23NO3S. The molecule has 1 heterocycles. The molecule has 2 aromatic carbocycles. The van der Waals surface area contributed by atoms with Gasteiger partial charge < -0.3 is 5.11 Å². The molecule has 0 aliphatic carbocycles. The van der Waals surface area contributed by atoms with E-state index in [1.54, 1.807) is 30.3 Å². The smallest absolute Gasteiger partial charge is 0.243 e. The van der Waals surface area contributed by atoms with Crippen LogP contribution in [0.5, 0.6) is 0 Å². The van der Waals surface area contributed by atoms with Gasteiger partial charge in [0.25, 0.3) is 0 Å². The molecule has 1 saturated heterocycles. The number of benzene rings is 2. The van der Waals surface area contributed by atoms with Crippen LogP contribution < -0.4 is 0 Å². The Morgan fingerprint density at radius 1 is 1.04 bits per heavy atom. The van der Waals surface area contributed by atoms with Gasteiger partial charge in [-0.05, 0) is 44.1 Å². The van der Waals surface area contributed by atoms with E-state index in [1.165, 1.54) is 0 Å². The van der Waals surface area contributed by atoms with E-state index in [0.717, 1.165) is 10.8 Å². The van der Waals surface area contributed by atoms with Gasteiger partial charge in [-0.15, -0.1) is 0 Å². The van der Waals surface area contributed by atoms with E-state index in [-0.39, 0.29) is 5.92 Å².